The Kier molecular flexibility index (Phi) is 5.46. The van der Waals surface area contributed by atoms with E-state index in [1.807, 2.05) is 29.4 Å². The number of benzene rings is 1. The van der Waals surface area contributed by atoms with E-state index in [4.69, 9.17) is 9.47 Å². The van der Waals surface area contributed by atoms with Gasteiger partial charge in [-0.15, -0.1) is 0 Å². The second kappa shape index (κ2) is 8.34. The highest BCUT2D eigenvalue weighted by Crippen LogP contribution is 2.32. The molecule has 3 heterocycles. The van der Waals surface area contributed by atoms with Gasteiger partial charge in [0.05, 0.1) is 17.6 Å². The monoisotopic (exact) mass is 393 g/mol. The van der Waals surface area contributed by atoms with Crippen LogP contribution in [0.1, 0.15) is 41.6 Å². The number of nitrogens with zero attached hydrogens (tertiary/aromatic N) is 2. The summed E-state index contributed by atoms with van der Waals surface area (Å²) >= 11 is 0. The largest absolute Gasteiger partial charge is 0.513 e. The lowest BCUT2D eigenvalue weighted by Crippen LogP contribution is -2.37. The quantitative estimate of drug-likeness (QED) is 0.532. The molecule has 150 valence electrons. The number of aromatic amines is 1. The number of nitrogens with one attached hydrogen (secondary N) is 1. The van der Waals surface area contributed by atoms with Gasteiger partial charge in [0.15, 0.2) is 0 Å². The van der Waals surface area contributed by atoms with E-state index in [0.29, 0.717) is 30.3 Å². The molecule has 0 saturated carbocycles. The molecule has 0 bridgehead atoms. The predicted octanol–water partition coefficient (Wildman–Crippen LogP) is 4.12. The Bertz CT molecular complexity index is 1000. The van der Waals surface area contributed by atoms with Crippen molar-refractivity contribution >= 4 is 23.1 Å². The van der Waals surface area contributed by atoms with Gasteiger partial charge in [0.1, 0.15) is 5.75 Å². The van der Waals surface area contributed by atoms with Crippen LogP contribution in [0.4, 0.5) is 4.79 Å². The van der Waals surface area contributed by atoms with Crippen molar-refractivity contribution in [3.05, 3.63) is 59.9 Å². The van der Waals surface area contributed by atoms with E-state index in [1.165, 1.54) is 5.56 Å². The number of hydrogen-bond acceptors (Lipinski definition) is 5. The summed E-state index contributed by atoms with van der Waals surface area (Å²) in [5, 5.41) is 0. The van der Waals surface area contributed by atoms with E-state index in [2.05, 4.69) is 9.97 Å². The highest BCUT2D eigenvalue weighted by atomic mass is 16.7. The molecule has 1 aliphatic heterocycles. The minimum absolute atomic E-state index is 0.0109. The molecule has 7 nitrogen and oxygen atoms in total. The molecular formula is C22H23N3O4. The van der Waals surface area contributed by atoms with Crippen LogP contribution >= 0.6 is 0 Å². The number of ether oxygens (including phenoxy) is 2. The number of rotatable bonds is 4. The zero-order valence-corrected chi connectivity index (χ0v) is 16.3. The summed E-state index contributed by atoms with van der Waals surface area (Å²) in [6.45, 7) is 3.36. The molecule has 7 heteroatoms. The normalized spacial score (nSPS) is 14.7. The topological polar surface area (TPSA) is 84.5 Å². The first-order valence-corrected chi connectivity index (χ1v) is 9.81. The number of piperidine rings is 1. The van der Waals surface area contributed by atoms with Gasteiger partial charge in [0.2, 0.25) is 0 Å². The summed E-state index contributed by atoms with van der Waals surface area (Å²) in [6, 6.07) is 10.5. The van der Waals surface area contributed by atoms with Crippen LogP contribution in [-0.4, -0.2) is 46.6 Å². The molecule has 0 radical (unpaired) electrons. The second-order valence-electron chi connectivity index (χ2n) is 7.02. The number of aromatic nitrogens is 2. The van der Waals surface area contributed by atoms with Crippen LogP contribution in [0.2, 0.25) is 0 Å². The van der Waals surface area contributed by atoms with E-state index < -0.39 is 6.16 Å². The van der Waals surface area contributed by atoms with E-state index in [1.54, 1.807) is 31.2 Å². The van der Waals surface area contributed by atoms with Crippen molar-refractivity contribution in [1.29, 1.82) is 0 Å². The molecular weight excluding hydrogens is 370 g/mol. The maximum absolute atomic E-state index is 12.8. The van der Waals surface area contributed by atoms with E-state index in [-0.39, 0.29) is 12.5 Å². The summed E-state index contributed by atoms with van der Waals surface area (Å²) in [5.41, 5.74) is 3.88. The summed E-state index contributed by atoms with van der Waals surface area (Å²) in [5.74, 6) is 0.733. The van der Waals surface area contributed by atoms with Crippen LogP contribution in [0.15, 0.2) is 48.8 Å². The lowest BCUT2D eigenvalue weighted by molar-refractivity contribution is 0.0713. The average Bonchev–Trinajstić information content (AvgIpc) is 3.18. The molecule has 1 aromatic carbocycles. The fourth-order valence-electron chi connectivity index (χ4n) is 3.77. The minimum atomic E-state index is -0.750. The lowest BCUT2D eigenvalue weighted by Gasteiger charge is -2.32. The molecule has 1 N–H and O–H groups in total. The Morgan fingerprint density at radius 3 is 2.66 bits per heavy atom. The molecule has 0 atom stereocenters. The fraction of sp³-hybridized carbons (Fsp3) is 0.318. The zero-order valence-electron chi connectivity index (χ0n) is 16.3. The summed E-state index contributed by atoms with van der Waals surface area (Å²) < 4.78 is 9.77. The molecule has 0 unspecified atom stereocenters. The number of likely N-dealkylation sites (tertiary alicyclic amines) is 1. The van der Waals surface area contributed by atoms with Crippen molar-refractivity contribution in [2.24, 2.45) is 0 Å². The fourth-order valence-corrected chi connectivity index (χ4v) is 3.77. The second-order valence-corrected chi connectivity index (χ2v) is 7.02. The Labute approximate surface area is 168 Å². The molecule has 1 fully saturated rings. The van der Waals surface area contributed by atoms with Gasteiger partial charge in [-0.2, -0.15) is 0 Å². The van der Waals surface area contributed by atoms with Crippen molar-refractivity contribution in [1.82, 2.24) is 14.9 Å². The molecule has 3 aromatic rings. The predicted molar refractivity (Wildman–Crippen MR) is 108 cm³/mol. The minimum Gasteiger partial charge on any atom is -0.434 e. The highest BCUT2D eigenvalue weighted by molar-refractivity contribution is 5.94. The van der Waals surface area contributed by atoms with Crippen LogP contribution in [0.25, 0.3) is 11.0 Å². The number of carbonyl (C=O) groups is 2. The van der Waals surface area contributed by atoms with Gasteiger partial charge in [-0.25, -0.2) is 4.79 Å². The van der Waals surface area contributed by atoms with Gasteiger partial charge in [-0.3, -0.25) is 9.78 Å². The molecule has 1 amide bonds. The number of H-pyrrole nitrogens is 1. The smallest absolute Gasteiger partial charge is 0.434 e. The maximum atomic E-state index is 12.8. The molecule has 29 heavy (non-hydrogen) atoms. The maximum Gasteiger partial charge on any atom is 0.513 e. The summed E-state index contributed by atoms with van der Waals surface area (Å²) in [6.07, 6.45) is 4.91. The van der Waals surface area contributed by atoms with Crippen molar-refractivity contribution in [2.75, 3.05) is 19.7 Å². The molecule has 0 aliphatic carbocycles. The van der Waals surface area contributed by atoms with Gasteiger partial charge in [0.25, 0.3) is 5.91 Å². The van der Waals surface area contributed by atoms with Crippen LogP contribution < -0.4 is 4.74 Å². The SMILES string of the molecule is CCOC(=O)Oc1ccc(C(=O)N2CCC(c3c[nH]c4cccnc34)CC2)cc1. The molecule has 1 saturated heterocycles. The molecule has 1 aliphatic rings. The van der Waals surface area contributed by atoms with Crippen molar-refractivity contribution < 1.29 is 19.1 Å². The number of carbonyl (C=O) groups excluding carboxylic acids is 2. The van der Waals surface area contributed by atoms with Crippen LogP contribution in [-0.2, 0) is 4.74 Å². The Balaban J connectivity index is 1.37. The first-order chi connectivity index (χ1) is 14.2. The summed E-state index contributed by atoms with van der Waals surface area (Å²) in [7, 11) is 0. The van der Waals surface area contributed by atoms with Gasteiger partial charge in [-0.05, 0) is 67.6 Å². The van der Waals surface area contributed by atoms with Crippen LogP contribution in [0, 0.1) is 0 Å². The number of fused-ring (bicyclic) bond motifs is 1. The van der Waals surface area contributed by atoms with Crippen LogP contribution in [0.5, 0.6) is 5.75 Å². The highest BCUT2D eigenvalue weighted by Gasteiger charge is 2.26. The van der Waals surface area contributed by atoms with E-state index in [0.717, 1.165) is 23.9 Å². The van der Waals surface area contributed by atoms with Crippen molar-refractivity contribution in [3.8, 4) is 5.75 Å². The Morgan fingerprint density at radius 2 is 1.93 bits per heavy atom. The van der Waals surface area contributed by atoms with E-state index in [9.17, 15) is 9.59 Å². The Morgan fingerprint density at radius 1 is 1.17 bits per heavy atom. The molecule has 2 aromatic heterocycles. The zero-order chi connectivity index (χ0) is 20.2. The van der Waals surface area contributed by atoms with E-state index >= 15 is 0 Å². The van der Waals surface area contributed by atoms with Crippen molar-refractivity contribution in [3.63, 3.8) is 0 Å². The standard InChI is InChI=1S/C22H23N3O4/c1-2-28-22(27)29-17-7-5-16(6-8-17)21(26)25-12-9-15(10-13-25)18-14-24-19-4-3-11-23-20(18)19/h3-8,11,14-15,24H,2,9-10,12-13H2,1H3. The number of pyridine rings is 1. The Hall–Kier alpha value is -3.35. The lowest BCUT2D eigenvalue weighted by atomic mass is 9.90. The first-order valence-electron chi connectivity index (χ1n) is 9.81. The third-order valence-corrected chi connectivity index (χ3v) is 5.25. The number of hydrogen-bond donors (Lipinski definition) is 1. The van der Waals surface area contributed by atoms with Gasteiger partial charge in [-0.1, -0.05) is 0 Å². The summed E-state index contributed by atoms with van der Waals surface area (Å²) in [4.78, 5) is 33.8. The first kappa shape index (κ1) is 19.0. The number of amides is 1. The van der Waals surface area contributed by atoms with Gasteiger partial charge in [0, 0.05) is 31.0 Å². The molecule has 4 rings (SSSR count). The van der Waals surface area contributed by atoms with Crippen molar-refractivity contribution in [2.45, 2.75) is 25.7 Å². The van der Waals surface area contributed by atoms with Gasteiger partial charge >= 0.3 is 6.16 Å². The van der Waals surface area contributed by atoms with Gasteiger partial charge < -0.3 is 19.4 Å². The third kappa shape index (κ3) is 4.08. The third-order valence-electron chi connectivity index (χ3n) is 5.25. The molecule has 0 spiro atoms. The average molecular weight is 393 g/mol. The van der Waals surface area contributed by atoms with Crippen LogP contribution in [0.3, 0.4) is 0 Å².